The Hall–Kier alpha value is -2.85. The number of hydrogen-bond donors (Lipinski definition) is 0. The molecule has 49 heavy (non-hydrogen) atoms. The van der Waals surface area contributed by atoms with Gasteiger partial charge in [-0.05, 0) is 55.0 Å². The van der Waals surface area contributed by atoms with Crippen LogP contribution in [0.2, 0.25) is 0 Å². The van der Waals surface area contributed by atoms with Gasteiger partial charge in [0.2, 0.25) is 0 Å². The van der Waals surface area contributed by atoms with Gasteiger partial charge < -0.3 is 9.47 Å². The van der Waals surface area contributed by atoms with Crippen molar-refractivity contribution in [1.29, 1.82) is 0 Å². The summed E-state index contributed by atoms with van der Waals surface area (Å²) in [6, 6.07) is 10.6. The van der Waals surface area contributed by atoms with Crippen LogP contribution in [-0.4, -0.2) is 54.1 Å². The first-order valence-corrected chi connectivity index (χ1v) is 16.2. The molecule has 2 aromatic rings. The first kappa shape index (κ1) is 42.3. The minimum absolute atomic E-state index is 0.00749. The molecule has 0 saturated heterocycles. The molecule has 0 radical (unpaired) electrons. The van der Waals surface area contributed by atoms with E-state index in [2.05, 4.69) is 6.92 Å². The van der Waals surface area contributed by atoms with Gasteiger partial charge in [-0.25, -0.2) is 4.79 Å². The molecule has 0 unspecified atom stereocenters. The maximum atomic E-state index is 14.0. The normalized spacial score (nSPS) is 13.4. The van der Waals surface area contributed by atoms with Crippen molar-refractivity contribution in [1.82, 2.24) is 0 Å². The number of benzene rings is 2. The number of carbonyl (C=O) groups is 1. The Morgan fingerprint density at radius 2 is 1.06 bits per heavy atom. The number of halogens is 13. The number of esters is 1. The van der Waals surface area contributed by atoms with E-state index in [-0.39, 0.29) is 16.2 Å². The highest BCUT2D eigenvalue weighted by Crippen LogP contribution is 2.60. The third-order valence-electron chi connectivity index (χ3n) is 7.32. The summed E-state index contributed by atoms with van der Waals surface area (Å²) in [4.78, 5) is 12.5. The Kier molecular flexibility index (Phi) is 15.0. The minimum Gasteiger partial charge on any atom is -0.494 e. The summed E-state index contributed by atoms with van der Waals surface area (Å²) in [5.74, 6) is -38.4. The molecular weight excluding hydrogens is 711 g/mol. The standard InChI is InChI=1S/C32H35F13O3S/c1-2-3-4-5-6-7-8-9-10-20-47-23-13-11-22(12-14-23)26(46)48-24-15-17-25(18-16-24)49-21-19-27(33,34)28(35,36)29(37,38)30(39,40)31(41,42)32(43,44)45/h11-18H,2-10,19-21H2,1H3. The molecule has 2 rings (SSSR count). The van der Waals surface area contributed by atoms with Crippen molar-refractivity contribution < 1.29 is 71.3 Å². The largest absolute Gasteiger partial charge is 0.494 e. The number of rotatable bonds is 21. The van der Waals surface area contributed by atoms with Gasteiger partial charge in [0, 0.05) is 17.1 Å². The van der Waals surface area contributed by atoms with E-state index >= 15 is 0 Å². The summed E-state index contributed by atoms with van der Waals surface area (Å²) < 4.78 is 183. The van der Waals surface area contributed by atoms with Crippen molar-refractivity contribution >= 4 is 17.7 Å². The molecule has 0 atom stereocenters. The van der Waals surface area contributed by atoms with Crippen LogP contribution in [0.3, 0.4) is 0 Å². The molecule has 0 saturated carbocycles. The first-order valence-electron chi connectivity index (χ1n) is 15.3. The van der Waals surface area contributed by atoms with Crippen LogP contribution < -0.4 is 9.47 Å². The molecule has 0 aliphatic carbocycles. The fourth-order valence-corrected chi connectivity index (χ4v) is 5.24. The lowest BCUT2D eigenvalue weighted by molar-refractivity contribution is -0.439. The molecule has 0 N–H and O–H groups in total. The summed E-state index contributed by atoms with van der Waals surface area (Å²) in [6.07, 6.45) is 0.677. The van der Waals surface area contributed by atoms with Crippen molar-refractivity contribution in [3.8, 4) is 11.5 Å². The molecule has 0 spiro atoms. The molecular formula is C32H35F13O3S. The zero-order chi connectivity index (χ0) is 37.2. The highest BCUT2D eigenvalue weighted by Gasteiger charge is 2.90. The summed E-state index contributed by atoms with van der Waals surface area (Å²) in [6.45, 7) is 2.68. The number of carbonyl (C=O) groups excluding carboxylic acids is 1. The number of hydrogen-bond acceptors (Lipinski definition) is 4. The lowest BCUT2D eigenvalue weighted by atomic mass is 9.93. The number of unbranched alkanes of at least 4 members (excludes halogenated alkanes) is 8. The molecule has 2 aromatic carbocycles. The quantitative estimate of drug-likeness (QED) is 0.0419. The van der Waals surface area contributed by atoms with Crippen molar-refractivity contribution in [3.05, 3.63) is 54.1 Å². The summed E-state index contributed by atoms with van der Waals surface area (Å²) in [7, 11) is 0. The minimum atomic E-state index is -7.92. The molecule has 17 heteroatoms. The van der Waals surface area contributed by atoms with Crippen molar-refractivity contribution in [2.75, 3.05) is 12.4 Å². The molecule has 0 fully saturated rings. The highest BCUT2D eigenvalue weighted by molar-refractivity contribution is 7.99. The Labute approximate surface area is 278 Å². The zero-order valence-corrected chi connectivity index (χ0v) is 27.0. The van der Waals surface area contributed by atoms with E-state index in [0.717, 1.165) is 43.5 Å². The molecule has 0 amide bonds. The van der Waals surface area contributed by atoms with Gasteiger partial charge in [-0.3, -0.25) is 0 Å². The second-order valence-corrected chi connectivity index (χ2v) is 12.3. The second-order valence-electron chi connectivity index (χ2n) is 11.2. The van der Waals surface area contributed by atoms with Crippen LogP contribution in [0.25, 0.3) is 0 Å². The van der Waals surface area contributed by atoms with Crippen molar-refractivity contribution in [2.24, 2.45) is 0 Å². The summed E-state index contributed by atoms with van der Waals surface area (Å²) in [5.41, 5.74) is 0.146. The Balaban J connectivity index is 1.85. The smallest absolute Gasteiger partial charge is 0.460 e. The summed E-state index contributed by atoms with van der Waals surface area (Å²) in [5, 5.41) is 0. The Morgan fingerprint density at radius 1 is 0.592 bits per heavy atom. The van der Waals surface area contributed by atoms with Gasteiger partial charge in [-0.2, -0.15) is 57.1 Å². The fourth-order valence-electron chi connectivity index (χ4n) is 4.32. The van der Waals surface area contributed by atoms with E-state index < -0.39 is 53.9 Å². The van der Waals surface area contributed by atoms with Crippen LogP contribution in [-0.2, 0) is 0 Å². The van der Waals surface area contributed by atoms with Gasteiger partial charge >= 0.3 is 41.8 Å². The Bertz CT molecular complexity index is 1300. The third kappa shape index (κ3) is 10.6. The molecule has 0 aliphatic heterocycles. The van der Waals surface area contributed by atoms with Crippen molar-refractivity contribution in [2.45, 2.75) is 112 Å². The van der Waals surface area contributed by atoms with E-state index in [9.17, 15) is 61.9 Å². The Morgan fingerprint density at radius 3 is 1.57 bits per heavy atom. The van der Waals surface area contributed by atoms with Crippen LogP contribution >= 0.6 is 11.8 Å². The van der Waals surface area contributed by atoms with E-state index in [1.165, 1.54) is 50.7 Å². The maximum absolute atomic E-state index is 14.0. The molecule has 0 aromatic heterocycles. The van der Waals surface area contributed by atoms with E-state index in [0.29, 0.717) is 24.1 Å². The van der Waals surface area contributed by atoms with Gasteiger partial charge in [0.15, 0.2) is 0 Å². The predicted octanol–water partition coefficient (Wildman–Crippen LogP) is 12.0. The first-order chi connectivity index (χ1) is 22.6. The van der Waals surface area contributed by atoms with Gasteiger partial charge in [0.25, 0.3) is 0 Å². The zero-order valence-electron chi connectivity index (χ0n) is 26.2. The lowest BCUT2D eigenvalue weighted by Gasteiger charge is -2.39. The van der Waals surface area contributed by atoms with Gasteiger partial charge in [0.1, 0.15) is 11.5 Å². The van der Waals surface area contributed by atoms with E-state index in [4.69, 9.17) is 9.47 Å². The topological polar surface area (TPSA) is 35.5 Å². The number of alkyl halides is 13. The van der Waals surface area contributed by atoms with Gasteiger partial charge in [0.05, 0.1) is 12.2 Å². The van der Waals surface area contributed by atoms with Crippen LogP contribution in [0, 0.1) is 0 Å². The molecule has 0 bridgehead atoms. The number of thioether (sulfide) groups is 1. The van der Waals surface area contributed by atoms with Crippen LogP contribution in [0.4, 0.5) is 57.1 Å². The monoisotopic (exact) mass is 746 g/mol. The lowest BCUT2D eigenvalue weighted by Crippen LogP contribution is -2.70. The molecule has 0 aliphatic rings. The van der Waals surface area contributed by atoms with Crippen LogP contribution in [0.15, 0.2) is 53.4 Å². The van der Waals surface area contributed by atoms with Crippen LogP contribution in [0.1, 0.15) is 81.5 Å². The number of ether oxygens (including phenoxy) is 2. The van der Waals surface area contributed by atoms with Gasteiger partial charge in [-0.15, -0.1) is 11.8 Å². The van der Waals surface area contributed by atoms with E-state index in [1.54, 1.807) is 12.1 Å². The molecule has 0 heterocycles. The highest BCUT2D eigenvalue weighted by atomic mass is 32.2. The summed E-state index contributed by atoms with van der Waals surface area (Å²) >= 11 is 0.304. The van der Waals surface area contributed by atoms with Crippen molar-refractivity contribution in [3.63, 3.8) is 0 Å². The molecule has 278 valence electrons. The average Bonchev–Trinajstić information content (AvgIpc) is 3.02. The van der Waals surface area contributed by atoms with Gasteiger partial charge in [-0.1, -0.05) is 58.3 Å². The third-order valence-corrected chi connectivity index (χ3v) is 8.34. The fraction of sp³-hybridized carbons (Fsp3) is 0.594. The molecule has 3 nitrogen and oxygen atoms in total. The van der Waals surface area contributed by atoms with E-state index in [1.807, 2.05) is 0 Å². The predicted molar refractivity (Wildman–Crippen MR) is 157 cm³/mol. The SMILES string of the molecule is CCCCCCCCCCCOc1ccc(C(=O)Oc2ccc(SCCC(F)(F)C(F)(F)C(F)(F)C(F)(F)C(F)(F)C(F)(F)F)cc2)cc1. The average molecular weight is 747 g/mol. The maximum Gasteiger partial charge on any atom is 0.460 e. The second kappa shape index (κ2) is 17.4. The van der Waals surface area contributed by atoms with Crippen LogP contribution in [0.5, 0.6) is 11.5 Å².